The fourth-order valence-electron chi connectivity index (χ4n) is 4.56. The average Bonchev–Trinajstić information content (AvgIpc) is 3.46. The van der Waals surface area contributed by atoms with Crippen LogP contribution in [0.1, 0.15) is 50.8 Å². The minimum Gasteiger partial charge on any atom is -0.308 e. The molecular weight excluding hydrogens is 362 g/mol. The van der Waals surface area contributed by atoms with Gasteiger partial charge >= 0.3 is 0 Å². The summed E-state index contributed by atoms with van der Waals surface area (Å²) >= 11 is 0. The number of pyridine rings is 1. The van der Waals surface area contributed by atoms with Gasteiger partial charge in [-0.2, -0.15) is 0 Å². The Morgan fingerprint density at radius 3 is 2.74 bits per heavy atom. The fraction of sp³-hybridized carbons (Fsp3) is 0.650. The van der Waals surface area contributed by atoms with Crippen molar-refractivity contribution in [2.45, 2.75) is 50.3 Å². The largest absolute Gasteiger partial charge is 0.308 e. The Balaban J connectivity index is 1.62. The van der Waals surface area contributed by atoms with Crippen LogP contribution in [0.25, 0.3) is 0 Å². The van der Waals surface area contributed by atoms with Crippen LogP contribution in [-0.4, -0.2) is 49.3 Å². The normalized spacial score (nSPS) is 27.9. The molecule has 0 spiro atoms. The molecular formula is C20H29N3O3S. The van der Waals surface area contributed by atoms with E-state index in [2.05, 4.69) is 29.5 Å². The second-order valence-electron chi connectivity index (χ2n) is 8.51. The number of allylic oxidation sites excluding steroid dienone is 1. The van der Waals surface area contributed by atoms with Crippen molar-refractivity contribution >= 4 is 10.0 Å². The molecule has 148 valence electrons. The Bertz CT molecular complexity index is 897. The van der Waals surface area contributed by atoms with Crippen molar-refractivity contribution in [2.75, 3.05) is 26.2 Å². The number of nitrogens with zero attached hydrogens (tertiary/aromatic N) is 2. The van der Waals surface area contributed by atoms with E-state index in [1.165, 1.54) is 5.57 Å². The van der Waals surface area contributed by atoms with Crippen LogP contribution >= 0.6 is 0 Å². The summed E-state index contributed by atoms with van der Waals surface area (Å²) in [6.45, 7) is 7.28. The third kappa shape index (κ3) is 3.91. The highest BCUT2D eigenvalue weighted by Crippen LogP contribution is 2.41. The van der Waals surface area contributed by atoms with E-state index in [4.69, 9.17) is 0 Å². The van der Waals surface area contributed by atoms with Crippen LogP contribution in [0.15, 0.2) is 34.6 Å². The lowest BCUT2D eigenvalue weighted by Crippen LogP contribution is -2.52. The maximum atomic E-state index is 12.6. The van der Waals surface area contributed by atoms with Crippen LogP contribution in [0.5, 0.6) is 0 Å². The van der Waals surface area contributed by atoms with Crippen LogP contribution in [0.2, 0.25) is 0 Å². The molecule has 1 saturated carbocycles. The zero-order valence-electron chi connectivity index (χ0n) is 16.1. The van der Waals surface area contributed by atoms with Crippen LogP contribution in [-0.2, 0) is 10.0 Å². The molecule has 0 radical (unpaired) electrons. The summed E-state index contributed by atoms with van der Waals surface area (Å²) in [6, 6.07) is 5.34. The molecule has 27 heavy (non-hydrogen) atoms. The molecule has 3 aliphatic rings. The van der Waals surface area contributed by atoms with Gasteiger partial charge < -0.3 is 4.57 Å². The van der Waals surface area contributed by atoms with Crippen molar-refractivity contribution < 1.29 is 8.42 Å². The molecule has 2 fully saturated rings. The van der Waals surface area contributed by atoms with Gasteiger partial charge in [0, 0.05) is 43.9 Å². The minimum atomic E-state index is -3.25. The lowest BCUT2D eigenvalue weighted by molar-refractivity contribution is 0.101. The summed E-state index contributed by atoms with van der Waals surface area (Å²) in [7, 11) is -3.25. The van der Waals surface area contributed by atoms with Gasteiger partial charge in [-0.3, -0.25) is 9.69 Å². The smallest absolute Gasteiger partial charge is 0.251 e. The number of nitrogens with one attached hydrogen (secondary N) is 1. The molecule has 3 atom stereocenters. The number of hydrogen-bond donors (Lipinski definition) is 1. The first-order chi connectivity index (χ1) is 12.8. The van der Waals surface area contributed by atoms with Crippen LogP contribution in [0, 0.1) is 5.92 Å². The maximum Gasteiger partial charge on any atom is 0.251 e. The Labute approximate surface area is 161 Å². The number of sulfonamides is 1. The Kier molecular flexibility index (Phi) is 5.03. The second kappa shape index (κ2) is 7.18. The van der Waals surface area contributed by atoms with Crippen molar-refractivity contribution in [3.63, 3.8) is 0 Å². The maximum absolute atomic E-state index is 12.6. The van der Waals surface area contributed by atoms with E-state index in [1.807, 2.05) is 16.7 Å². The molecule has 1 aromatic rings. The molecule has 6 nitrogen and oxygen atoms in total. The minimum absolute atomic E-state index is 0.0180. The van der Waals surface area contributed by atoms with Crippen molar-refractivity contribution in [2.24, 2.45) is 5.92 Å². The fourth-order valence-corrected chi connectivity index (χ4v) is 5.95. The van der Waals surface area contributed by atoms with E-state index in [0.29, 0.717) is 12.5 Å². The first-order valence-electron chi connectivity index (χ1n) is 9.91. The van der Waals surface area contributed by atoms with E-state index in [-0.39, 0.29) is 22.8 Å². The molecule has 0 amide bonds. The number of hydrogen-bond acceptors (Lipinski definition) is 4. The predicted molar refractivity (Wildman–Crippen MR) is 106 cm³/mol. The first-order valence-corrected chi connectivity index (χ1v) is 11.5. The van der Waals surface area contributed by atoms with Gasteiger partial charge in [0.05, 0.1) is 11.3 Å². The molecule has 1 saturated heterocycles. The zero-order valence-corrected chi connectivity index (χ0v) is 16.9. The monoisotopic (exact) mass is 391 g/mol. The van der Waals surface area contributed by atoms with Gasteiger partial charge in [-0.05, 0) is 45.1 Å². The summed E-state index contributed by atoms with van der Waals surface area (Å²) in [5.74, 6) is 0.614. The number of piperidine rings is 1. The highest BCUT2D eigenvalue weighted by molar-refractivity contribution is 7.90. The first kappa shape index (κ1) is 18.9. The predicted octanol–water partition coefficient (Wildman–Crippen LogP) is 1.86. The standard InChI is InChI=1S/C20H29N3O3S/c1-14(2)8-9-22-12-15-10-16(13-22)19(11-21-27(25,26)17-6-7-17)23-18(15)4-3-5-20(23)24/h3-5,8,15-17,19,21H,6-7,9-13H2,1-2H3/t15-,16+,19+/m1/s1. The Morgan fingerprint density at radius 2 is 2.04 bits per heavy atom. The van der Waals surface area contributed by atoms with Crippen molar-refractivity contribution in [1.29, 1.82) is 0 Å². The van der Waals surface area contributed by atoms with E-state index in [1.54, 1.807) is 6.07 Å². The summed E-state index contributed by atoms with van der Waals surface area (Å²) in [6.07, 6.45) is 4.76. The molecule has 1 N–H and O–H groups in total. The van der Waals surface area contributed by atoms with E-state index < -0.39 is 10.0 Å². The van der Waals surface area contributed by atoms with E-state index >= 15 is 0 Å². The van der Waals surface area contributed by atoms with Crippen molar-refractivity contribution in [3.8, 4) is 0 Å². The van der Waals surface area contributed by atoms with Gasteiger partial charge in [0.25, 0.3) is 5.56 Å². The highest BCUT2D eigenvalue weighted by atomic mass is 32.2. The molecule has 2 aliphatic heterocycles. The van der Waals surface area contributed by atoms with Gasteiger partial charge in [-0.1, -0.05) is 17.7 Å². The number of aromatic nitrogens is 1. The van der Waals surface area contributed by atoms with Crippen LogP contribution in [0.3, 0.4) is 0 Å². The molecule has 1 aliphatic carbocycles. The van der Waals surface area contributed by atoms with E-state index in [0.717, 1.165) is 44.6 Å². The quantitative estimate of drug-likeness (QED) is 0.752. The molecule has 3 heterocycles. The molecule has 0 unspecified atom stereocenters. The SMILES string of the molecule is CC(C)=CCN1C[C@H]2C[C@@H](C1)[C@H](CNS(=O)(=O)C1CC1)n1c2cccc1=O. The summed E-state index contributed by atoms with van der Waals surface area (Å²) < 4.78 is 29.3. The summed E-state index contributed by atoms with van der Waals surface area (Å²) in [5.41, 5.74) is 2.34. The lowest BCUT2D eigenvalue weighted by atomic mass is 9.78. The molecule has 2 bridgehead atoms. The topological polar surface area (TPSA) is 71.4 Å². The zero-order chi connectivity index (χ0) is 19.2. The number of likely N-dealkylation sites (tertiary alicyclic amines) is 1. The second-order valence-corrected chi connectivity index (χ2v) is 10.6. The van der Waals surface area contributed by atoms with Gasteiger partial charge in [-0.15, -0.1) is 0 Å². The van der Waals surface area contributed by atoms with Crippen molar-refractivity contribution in [3.05, 3.63) is 45.9 Å². The Morgan fingerprint density at radius 1 is 1.26 bits per heavy atom. The van der Waals surface area contributed by atoms with Gasteiger partial charge in [0.2, 0.25) is 10.0 Å². The van der Waals surface area contributed by atoms with E-state index in [9.17, 15) is 13.2 Å². The Hall–Kier alpha value is -1.44. The van der Waals surface area contributed by atoms with Gasteiger partial charge in [-0.25, -0.2) is 13.1 Å². The average molecular weight is 392 g/mol. The van der Waals surface area contributed by atoms with Gasteiger partial charge in [0.15, 0.2) is 0 Å². The lowest BCUT2D eigenvalue weighted by Gasteiger charge is -2.47. The van der Waals surface area contributed by atoms with Gasteiger partial charge in [0.1, 0.15) is 0 Å². The summed E-state index contributed by atoms with van der Waals surface area (Å²) in [5, 5.41) is -0.235. The van der Waals surface area contributed by atoms with Crippen LogP contribution < -0.4 is 10.3 Å². The third-order valence-electron chi connectivity index (χ3n) is 6.09. The number of fused-ring (bicyclic) bond motifs is 4. The molecule has 0 aromatic carbocycles. The van der Waals surface area contributed by atoms with Crippen molar-refractivity contribution in [1.82, 2.24) is 14.2 Å². The van der Waals surface area contributed by atoms with Crippen LogP contribution in [0.4, 0.5) is 0 Å². The molecule has 1 aromatic heterocycles. The molecule has 4 rings (SSSR count). The molecule has 7 heteroatoms. The number of rotatable bonds is 6. The third-order valence-corrected chi connectivity index (χ3v) is 8.01. The summed E-state index contributed by atoms with van der Waals surface area (Å²) in [4.78, 5) is 15.1. The highest BCUT2D eigenvalue weighted by Gasteiger charge is 2.42.